The standard InChI is InChI=1S/C13H14FN3/c1-9-3-4-12(14)11(5-9)13(15-2)10-6-16-8-17-7-10/h3-8,13,15H,1-2H3. The first-order chi connectivity index (χ1) is 8.22. The van der Waals surface area contributed by atoms with Gasteiger partial charge >= 0.3 is 0 Å². The van der Waals surface area contributed by atoms with Gasteiger partial charge in [-0.15, -0.1) is 0 Å². The van der Waals surface area contributed by atoms with E-state index in [2.05, 4.69) is 15.3 Å². The second-order valence-corrected chi connectivity index (χ2v) is 3.92. The number of aromatic nitrogens is 2. The largest absolute Gasteiger partial charge is 0.309 e. The highest BCUT2D eigenvalue weighted by molar-refractivity contribution is 5.33. The van der Waals surface area contributed by atoms with Crippen molar-refractivity contribution in [1.29, 1.82) is 0 Å². The lowest BCUT2D eigenvalue weighted by Crippen LogP contribution is -2.19. The SMILES string of the molecule is CNC(c1cncnc1)c1cc(C)ccc1F. The lowest BCUT2D eigenvalue weighted by Gasteiger charge is -2.17. The maximum absolute atomic E-state index is 13.8. The number of nitrogens with one attached hydrogen (secondary N) is 1. The summed E-state index contributed by atoms with van der Waals surface area (Å²) in [6.45, 7) is 1.94. The van der Waals surface area contributed by atoms with Crippen molar-refractivity contribution in [3.63, 3.8) is 0 Å². The quantitative estimate of drug-likeness (QED) is 0.880. The first kappa shape index (κ1) is 11.7. The van der Waals surface area contributed by atoms with Crippen molar-refractivity contribution < 1.29 is 4.39 Å². The molecule has 1 N–H and O–H groups in total. The fourth-order valence-electron chi connectivity index (χ4n) is 1.85. The van der Waals surface area contributed by atoms with Gasteiger partial charge in [-0.25, -0.2) is 14.4 Å². The number of hydrogen-bond acceptors (Lipinski definition) is 3. The summed E-state index contributed by atoms with van der Waals surface area (Å²) in [5.74, 6) is -0.223. The van der Waals surface area contributed by atoms with Gasteiger partial charge in [0.2, 0.25) is 0 Å². The molecule has 2 rings (SSSR count). The molecule has 0 radical (unpaired) electrons. The summed E-state index contributed by atoms with van der Waals surface area (Å²) in [5, 5.41) is 3.08. The van der Waals surface area contributed by atoms with E-state index in [0.717, 1.165) is 11.1 Å². The monoisotopic (exact) mass is 231 g/mol. The highest BCUT2D eigenvalue weighted by Crippen LogP contribution is 2.23. The average molecular weight is 231 g/mol. The van der Waals surface area contributed by atoms with Gasteiger partial charge in [-0.05, 0) is 20.0 Å². The van der Waals surface area contributed by atoms with Gasteiger partial charge in [0.15, 0.2) is 0 Å². The first-order valence-corrected chi connectivity index (χ1v) is 5.40. The molecule has 1 aromatic carbocycles. The van der Waals surface area contributed by atoms with Crippen molar-refractivity contribution in [1.82, 2.24) is 15.3 Å². The molecule has 88 valence electrons. The molecule has 17 heavy (non-hydrogen) atoms. The summed E-state index contributed by atoms with van der Waals surface area (Å²) in [7, 11) is 1.79. The fraction of sp³-hybridized carbons (Fsp3) is 0.231. The molecule has 1 atom stereocenters. The normalized spacial score (nSPS) is 12.4. The van der Waals surface area contributed by atoms with Crippen LogP contribution in [0.1, 0.15) is 22.7 Å². The summed E-state index contributed by atoms with van der Waals surface area (Å²) in [5.41, 5.74) is 2.49. The Hall–Kier alpha value is -1.81. The van der Waals surface area contributed by atoms with Crippen molar-refractivity contribution in [2.45, 2.75) is 13.0 Å². The Labute approximate surface area is 99.7 Å². The fourth-order valence-corrected chi connectivity index (χ4v) is 1.85. The Morgan fingerprint density at radius 1 is 1.24 bits per heavy atom. The van der Waals surface area contributed by atoms with E-state index in [0.29, 0.717) is 5.56 Å². The number of rotatable bonds is 3. The second kappa shape index (κ2) is 5.01. The number of halogens is 1. The van der Waals surface area contributed by atoms with Gasteiger partial charge in [0.25, 0.3) is 0 Å². The van der Waals surface area contributed by atoms with Crippen LogP contribution in [0, 0.1) is 12.7 Å². The minimum atomic E-state index is -0.226. The third kappa shape index (κ3) is 2.47. The predicted molar refractivity (Wildman–Crippen MR) is 64.1 cm³/mol. The minimum absolute atomic E-state index is 0.223. The summed E-state index contributed by atoms with van der Waals surface area (Å²) < 4.78 is 13.8. The molecule has 3 nitrogen and oxygen atoms in total. The van der Waals surface area contributed by atoms with E-state index < -0.39 is 0 Å². The molecule has 0 bridgehead atoms. The topological polar surface area (TPSA) is 37.8 Å². The zero-order valence-electron chi connectivity index (χ0n) is 9.81. The van der Waals surface area contributed by atoms with Crippen LogP contribution in [0.25, 0.3) is 0 Å². The molecular weight excluding hydrogens is 217 g/mol. The third-order valence-electron chi connectivity index (χ3n) is 2.67. The lowest BCUT2D eigenvalue weighted by atomic mass is 9.99. The highest BCUT2D eigenvalue weighted by atomic mass is 19.1. The summed E-state index contributed by atoms with van der Waals surface area (Å²) in [6.07, 6.45) is 4.84. The number of nitrogens with zero attached hydrogens (tertiary/aromatic N) is 2. The molecule has 2 aromatic rings. The van der Waals surface area contributed by atoms with Crippen molar-refractivity contribution >= 4 is 0 Å². The van der Waals surface area contributed by atoms with Gasteiger partial charge in [-0.3, -0.25) is 0 Å². The molecule has 0 aliphatic rings. The lowest BCUT2D eigenvalue weighted by molar-refractivity contribution is 0.574. The minimum Gasteiger partial charge on any atom is -0.309 e. The van der Waals surface area contributed by atoms with Crippen LogP contribution in [0.15, 0.2) is 36.9 Å². The van der Waals surface area contributed by atoms with Crippen molar-refractivity contribution in [3.8, 4) is 0 Å². The van der Waals surface area contributed by atoms with Crippen molar-refractivity contribution in [2.75, 3.05) is 7.05 Å². The smallest absolute Gasteiger partial charge is 0.128 e. The van der Waals surface area contributed by atoms with Crippen molar-refractivity contribution in [2.24, 2.45) is 0 Å². The number of benzene rings is 1. The molecule has 0 fully saturated rings. The van der Waals surface area contributed by atoms with Gasteiger partial charge in [0.1, 0.15) is 12.1 Å². The van der Waals surface area contributed by atoms with Crippen LogP contribution in [0.4, 0.5) is 4.39 Å². The first-order valence-electron chi connectivity index (χ1n) is 5.40. The molecule has 0 amide bonds. The van der Waals surface area contributed by atoms with Crippen LogP contribution in [0.5, 0.6) is 0 Å². The second-order valence-electron chi connectivity index (χ2n) is 3.92. The molecule has 0 aliphatic heterocycles. The molecule has 0 saturated carbocycles. The van der Waals surface area contributed by atoms with Gasteiger partial charge in [0, 0.05) is 23.5 Å². The van der Waals surface area contributed by atoms with Crippen LogP contribution < -0.4 is 5.32 Å². The molecule has 0 spiro atoms. The van der Waals surface area contributed by atoms with Crippen molar-refractivity contribution in [3.05, 3.63) is 59.4 Å². The van der Waals surface area contributed by atoms with E-state index in [4.69, 9.17) is 0 Å². The Bertz CT molecular complexity index is 499. The number of aryl methyl sites for hydroxylation is 1. The summed E-state index contributed by atoms with van der Waals surface area (Å²) in [4.78, 5) is 7.92. The van der Waals surface area contributed by atoms with Crippen LogP contribution in [-0.2, 0) is 0 Å². The van der Waals surface area contributed by atoms with Crippen LogP contribution in [0.2, 0.25) is 0 Å². The maximum atomic E-state index is 13.8. The summed E-state index contributed by atoms with van der Waals surface area (Å²) >= 11 is 0. The molecule has 1 unspecified atom stereocenters. The molecule has 1 aromatic heterocycles. The van der Waals surface area contributed by atoms with E-state index in [9.17, 15) is 4.39 Å². The zero-order valence-corrected chi connectivity index (χ0v) is 9.81. The van der Waals surface area contributed by atoms with E-state index >= 15 is 0 Å². The van der Waals surface area contributed by atoms with E-state index in [1.807, 2.05) is 13.0 Å². The Kier molecular flexibility index (Phi) is 3.44. The van der Waals surface area contributed by atoms with Crippen LogP contribution >= 0.6 is 0 Å². The molecule has 0 aliphatic carbocycles. The van der Waals surface area contributed by atoms with E-state index in [-0.39, 0.29) is 11.9 Å². The van der Waals surface area contributed by atoms with E-state index in [1.165, 1.54) is 12.4 Å². The highest BCUT2D eigenvalue weighted by Gasteiger charge is 2.16. The Morgan fingerprint density at radius 2 is 1.94 bits per heavy atom. The Morgan fingerprint density at radius 3 is 2.59 bits per heavy atom. The van der Waals surface area contributed by atoms with E-state index in [1.54, 1.807) is 25.5 Å². The third-order valence-corrected chi connectivity index (χ3v) is 2.67. The molecule has 0 saturated heterocycles. The average Bonchev–Trinajstić information content (AvgIpc) is 2.36. The Balaban J connectivity index is 2.46. The van der Waals surface area contributed by atoms with Gasteiger partial charge < -0.3 is 5.32 Å². The van der Waals surface area contributed by atoms with Gasteiger partial charge in [-0.2, -0.15) is 0 Å². The maximum Gasteiger partial charge on any atom is 0.128 e. The molecule has 1 heterocycles. The predicted octanol–water partition coefficient (Wildman–Crippen LogP) is 2.23. The number of hydrogen-bond donors (Lipinski definition) is 1. The van der Waals surface area contributed by atoms with Gasteiger partial charge in [-0.1, -0.05) is 17.7 Å². The molecular formula is C13H14FN3. The summed E-state index contributed by atoms with van der Waals surface area (Å²) in [6, 6.07) is 4.85. The van der Waals surface area contributed by atoms with Crippen LogP contribution in [0.3, 0.4) is 0 Å². The van der Waals surface area contributed by atoms with Crippen LogP contribution in [-0.4, -0.2) is 17.0 Å². The molecule has 4 heteroatoms. The van der Waals surface area contributed by atoms with Gasteiger partial charge in [0.05, 0.1) is 6.04 Å². The zero-order chi connectivity index (χ0) is 12.3.